The lowest BCUT2D eigenvalue weighted by Crippen LogP contribution is -2.29. The van der Waals surface area contributed by atoms with Gasteiger partial charge in [0.15, 0.2) is 17.3 Å². The Morgan fingerprint density at radius 1 is 1.05 bits per heavy atom. The number of methoxy groups -OCH3 is 2. The molecular formula is C29H23FINO5. The van der Waals surface area contributed by atoms with E-state index < -0.39 is 11.9 Å². The fourth-order valence-corrected chi connectivity index (χ4v) is 5.61. The Balaban J connectivity index is 1.60. The summed E-state index contributed by atoms with van der Waals surface area (Å²) in [7, 11) is 2.86. The second-order valence-corrected chi connectivity index (χ2v) is 9.86. The molecule has 0 amide bonds. The summed E-state index contributed by atoms with van der Waals surface area (Å²) >= 11 is 2.15. The van der Waals surface area contributed by atoms with Crippen LogP contribution in [0, 0.1) is 9.39 Å². The maximum absolute atomic E-state index is 13.6. The minimum Gasteiger partial charge on any atom is -0.493 e. The van der Waals surface area contributed by atoms with Gasteiger partial charge in [-0.3, -0.25) is 4.79 Å². The Bertz CT molecular complexity index is 1490. The van der Waals surface area contributed by atoms with Gasteiger partial charge in [-0.2, -0.15) is 0 Å². The predicted octanol–water partition coefficient (Wildman–Crippen LogP) is 5.76. The van der Waals surface area contributed by atoms with Crippen molar-refractivity contribution in [1.29, 1.82) is 0 Å². The van der Waals surface area contributed by atoms with Gasteiger partial charge >= 0.3 is 5.97 Å². The molecule has 1 atom stereocenters. The first kappa shape index (κ1) is 25.0. The Morgan fingerprint density at radius 3 is 2.43 bits per heavy atom. The molecule has 0 saturated heterocycles. The molecule has 0 saturated carbocycles. The highest BCUT2D eigenvalue weighted by Crippen LogP contribution is 2.48. The molecule has 8 heteroatoms. The van der Waals surface area contributed by atoms with Gasteiger partial charge in [0, 0.05) is 28.3 Å². The standard InChI is InChI=1S/C29H23FINO5/c1-15-23(29(34)36-3)24(25-26(32-15)19-6-4-5-7-20(19)27(25)33)17-12-21(31)28(22(13-17)35-2)37-14-16-8-10-18(30)11-9-16/h4-13,24,32H,14H2,1-3H3/t24-/m0/s1. The molecule has 6 nitrogen and oxygen atoms in total. The number of rotatable bonds is 6. The van der Waals surface area contributed by atoms with Gasteiger partial charge in [0.2, 0.25) is 0 Å². The smallest absolute Gasteiger partial charge is 0.336 e. The van der Waals surface area contributed by atoms with Crippen LogP contribution >= 0.6 is 22.6 Å². The average molecular weight is 611 g/mol. The number of allylic oxidation sites excluding steroid dienone is 2. The number of ketones is 1. The first-order chi connectivity index (χ1) is 17.8. The molecule has 0 radical (unpaired) electrons. The van der Waals surface area contributed by atoms with Gasteiger partial charge in [-0.05, 0) is 64.9 Å². The fourth-order valence-electron chi connectivity index (χ4n) is 4.83. The Labute approximate surface area is 227 Å². The number of carbonyl (C=O) groups excluding carboxylic acids is 2. The van der Waals surface area contributed by atoms with Gasteiger partial charge < -0.3 is 19.5 Å². The van der Waals surface area contributed by atoms with Crippen LogP contribution in [0.3, 0.4) is 0 Å². The van der Waals surface area contributed by atoms with Gasteiger partial charge in [-0.15, -0.1) is 0 Å². The van der Waals surface area contributed by atoms with Crippen LogP contribution in [0.4, 0.5) is 4.39 Å². The van der Waals surface area contributed by atoms with Crippen LogP contribution in [-0.4, -0.2) is 26.0 Å². The van der Waals surface area contributed by atoms with Crippen molar-refractivity contribution >= 4 is 40.0 Å². The Morgan fingerprint density at radius 2 is 1.76 bits per heavy atom. The van der Waals surface area contributed by atoms with E-state index in [4.69, 9.17) is 14.2 Å². The van der Waals surface area contributed by atoms with Crippen LogP contribution in [0.25, 0.3) is 5.70 Å². The number of esters is 1. The lowest BCUT2D eigenvalue weighted by atomic mass is 9.79. The maximum Gasteiger partial charge on any atom is 0.336 e. The molecule has 0 spiro atoms. The number of fused-ring (bicyclic) bond motifs is 2. The van der Waals surface area contributed by atoms with Crippen LogP contribution in [0.1, 0.15) is 39.9 Å². The zero-order chi connectivity index (χ0) is 26.3. The van der Waals surface area contributed by atoms with E-state index in [0.717, 1.165) is 14.7 Å². The van der Waals surface area contributed by atoms with E-state index in [1.54, 1.807) is 31.2 Å². The molecular weight excluding hydrogens is 588 g/mol. The second-order valence-electron chi connectivity index (χ2n) is 8.70. The molecule has 2 aliphatic rings. The molecule has 0 unspecified atom stereocenters. The molecule has 1 aliphatic heterocycles. The number of hydrogen-bond donors (Lipinski definition) is 1. The van der Waals surface area contributed by atoms with E-state index in [0.29, 0.717) is 45.2 Å². The molecule has 1 N–H and O–H groups in total. The van der Waals surface area contributed by atoms with Gasteiger partial charge in [-0.25, -0.2) is 9.18 Å². The van der Waals surface area contributed by atoms with Crippen molar-refractivity contribution < 1.29 is 28.2 Å². The lowest BCUT2D eigenvalue weighted by Gasteiger charge is -2.29. The SMILES string of the molecule is COC(=O)C1=C(C)NC2=C(C(=O)c3ccccc32)[C@H]1c1cc(I)c(OCc2ccc(F)cc2)c(OC)c1. The average Bonchev–Trinajstić information content (AvgIpc) is 3.18. The van der Waals surface area contributed by atoms with E-state index in [9.17, 15) is 14.0 Å². The van der Waals surface area contributed by atoms with Crippen LogP contribution in [0.5, 0.6) is 11.5 Å². The van der Waals surface area contributed by atoms with Crippen molar-refractivity contribution in [1.82, 2.24) is 5.32 Å². The number of halogens is 2. The summed E-state index contributed by atoms with van der Waals surface area (Å²) in [5.74, 6) is -0.671. The minimum atomic E-state index is -0.669. The number of Topliss-reactive ketones (excluding diaryl/α,β-unsaturated/α-hetero) is 1. The quantitative estimate of drug-likeness (QED) is 0.283. The maximum atomic E-state index is 13.6. The molecule has 0 bridgehead atoms. The van der Waals surface area contributed by atoms with E-state index in [1.165, 1.54) is 26.4 Å². The molecule has 0 fully saturated rings. The van der Waals surface area contributed by atoms with Gasteiger partial charge in [-0.1, -0.05) is 36.4 Å². The van der Waals surface area contributed by atoms with Gasteiger partial charge in [0.05, 0.1) is 29.1 Å². The number of carbonyl (C=O) groups is 2. The van der Waals surface area contributed by atoms with Crippen LogP contribution in [0.2, 0.25) is 0 Å². The summed E-state index contributed by atoms with van der Waals surface area (Å²) in [6.07, 6.45) is 0. The largest absolute Gasteiger partial charge is 0.493 e. The number of nitrogens with one attached hydrogen (secondary N) is 1. The van der Waals surface area contributed by atoms with Gasteiger partial charge in [0.25, 0.3) is 0 Å². The Hall–Kier alpha value is -3.66. The topological polar surface area (TPSA) is 73.9 Å². The molecule has 5 rings (SSSR count). The highest BCUT2D eigenvalue weighted by molar-refractivity contribution is 14.1. The first-order valence-electron chi connectivity index (χ1n) is 11.5. The summed E-state index contributed by atoms with van der Waals surface area (Å²) in [6.45, 7) is 2.02. The highest BCUT2D eigenvalue weighted by Gasteiger charge is 2.43. The van der Waals surface area contributed by atoms with Crippen LogP contribution in [-0.2, 0) is 16.1 Å². The Kier molecular flexibility index (Phi) is 6.76. The first-order valence-corrected chi connectivity index (χ1v) is 12.6. The van der Waals surface area contributed by atoms with Crippen molar-refractivity contribution in [3.8, 4) is 11.5 Å². The molecule has 188 valence electrons. The predicted molar refractivity (Wildman–Crippen MR) is 145 cm³/mol. The second kappa shape index (κ2) is 10.0. The number of ether oxygens (including phenoxy) is 3. The fraction of sp³-hybridized carbons (Fsp3) is 0.172. The van der Waals surface area contributed by atoms with E-state index in [-0.39, 0.29) is 18.2 Å². The van der Waals surface area contributed by atoms with Crippen molar-refractivity contribution in [2.45, 2.75) is 19.4 Å². The summed E-state index contributed by atoms with van der Waals surface area (Å²) in [5, 5.41) is 3.28. The van der Waals surface area contributed by atoms with Crippen molar-refractivity contribution in [3.05, 3.63) is 109 Å². The van der Waals surface area contributed by atoms with E-state index >= 15 is 0 Å². The highest BCUT2D eigenvalue weighted by atomic mass is 127. The van der Waals surface area contributed by atoms with E-state index in [2.05, 4.69) is 27.9 Å². The molecule has 37 heavy (non-hydrogen) atoms. The van der Waals surface area contributed by atoms with E-state index in [1.807, 2.05) is 24.3 Å². The van der Waals surface area contributed by atoms with Crippen LogP contribution < -0.4 is 14.8 Å². The molecule has 1 heterocycles. The van der Waals surface area contributed by atoms with Gasteiger partial charge in [0.1, 0.15) is 12.4 Å². The molecule has 1 aliphatic carbocycles. The van der Waals surface area contributed by atoms with Crippen molar-refractivity contribution in [3.63, 3.8) is 0 Å². The molecule has 3 aromatic rings. The summed E-state index contributed by atoms with van der Waals surface area (Å²) in [5.41, 5.74) is 5.06. The van der Waals surface area contributed by atoms with Crippen molar-refractivity contribution in [2.24, 2.45) is 0 Å². The zero-order valence-electron chi connectivity index (χ0n) is 20.4. The number of hydrogen-bond acceptors (Lipinski definition) is 6. The molecule has 0 aromatic heterocycles. The third kappa shape index (κ3) is 4.39. The summed E-state index contributed by atoms with van der Waals surface area (Å²) < 4.78 is 30.9. The lowest BCUT2D eigenvalue weighted by molar-refractivity contribution is -0.136. The summed E-state index contributed by atoms with van der Waals surface area (Å²) in [6, 6.07) is 17.1. The molecule has 3 aromatic carbocycles. The minimum absolute atomic E-state index is 0.136. The zero-order valence-corrected chi connectivity index (χ0v) is 22.5. The summed E-state index contributed by atoms with van der Waals surface area (Å²) in [4.78, 5) is 26.6. The monoisotopic (exact) mass is 611 g/mol. The third-order valence-corrected chi connectivity index (χ3v) is 7.34. The van der Waals surface area contributed by atoms with Crippen molar-refractivity contribution in [2.75, 3.05) is 14.2 Å². The third-order valence-electron chi connectivity index (χ3n) is 6.54. The number of benzene rings is 3. The normalized spacial score (nSPS) is 16.2. The van der Waals surface area contributed by atoms with Crippen LogP contribution in [0.15, 0.2) is 77.5 Å². The number of dihydropyridines is 1.